The molecule has 77 heavy (non-hydrogen) atoms. The van der Waals surface area contributed by atoms with Crippen LogP contribution in [-0.4, -0.2) is 49.3 Å². The van der Waals surface area contributed by atoms with Gasteiger partial charge in [-0.15, -0.1) is 0 Å². The van der Waals surface area contributed by atoms with E-state index in [1.165, 1.54) is 109 Å². The third-order valence-electron chi connectivity index (χ3n) is 12.8. The van der Waals surface area contributed by atoms with E-state index in [9.17, 15) is 19.0 Å². The molecule has 2 unspecified atom stereocenters. The number of carbonyl (C=O) groups excluding carboxylic acids is 2. The van der Waals surface area contributed by atoms with E-state index >= 15 is 0 Å². The number of phosphoric acid groups is 1. The number of rotatable bonds is 57. The topological polar surface area (TPSA) is 134 Å². The number of phosphoric ester groups is 1. The molecule has 0 aliphatic heterocycles. The number of unbranched alkanes of at least 4 members (excludes halogenated alkanes) is 24. The molecule has 0 aromatic carbocycles. The van der Waals surface area contributed by atoms with Gasteiger partial charge >= 0.3 is 19.8 Å². The highest BCUT2D eigenvalue weighted by molar-refractivity contribution is 7.47. The second-order valence-corrected chi connectivity index (χ2v) is 21.6. The van der Waals surface area contributed by atoms with Crippen molar-refractivity contribution in [1.82, 2.24) is 0 Å². The molecule has 0 aromatic rings. The summed E-state index contributed by atoms with van der Waals surface area (Å²) in [5.74, 6) is -0.842. The van der Waals surface area contributed by atoms with Crippen LogP contribution in [-0.2, 0) is 32.7 Å². The number of esters is 2. The van der Waals surface area contributed by atoms with Crippen molar-refractivity contribution in [2.75, 3.05) is 26.4 Å². The Kier molecular flexibility index (Phi) is 58.7. The van der Waals surface area contributed by atoms with Crippen molar-refractivity contribution in [3.63, 3.8) is 0 Å². The molecule has 0 aliphatic rings. The summed E-state index contributed by atoms with van der Waals surface area (Å²) < 4.78 is 33.1. The molecule has 9 nitrogen and oxygen atoms in total. The van der Waals surface area contributed by atoms with Crippen LogP contribution in [0, 0.1) is 0 Å². The summed E-state index contributed by atoms with van der Waals surface area (Å²) in [6.07, 6.45) is 85.4. The van der Waals surface area contributed by atoms with Crippen LogP contribution in [0.5, 0.6) is 0 Å². The normalized spacial score (nSPS) is 13.9. The van der Waals surface area contributed by atoms with Gasteiger partial charge in [-0.2, -0.15) is 0 Å². The van der Waals surface area contributed by atoms with Crippen LogP contribution >= 0.6 is 7.82 Å². The van der Waals surface area contributed by atoms with Crippen LogP contribution in [0.4, 0.5) is 0 Å². The Balaban J connectivity index is 4.01. The van der Waals surface area contributed by atoms with Gasteiger partial charge in [-0.1, -0.05) is 257 Å². The van der Waals surface area contributed by atoms with Crippen molar-refractivity contribution < 1.29 is 37.6 Å². The summed E-state index contributed by atoms with van der Waals surface area (Å²) in [5.41, 5.74) is 5.39. The van der Waals surface area contributed by atoms with Crippen LogP contribution in [0.2, 0.25) is 0 Å². The zero-order valence-corrected chi connectivity index (χ0v) is 50.0. The van der Waals surface area contributed by atoms with Gasteiger partial charge in [0.25, 0.3) is 0 Å². The van der Waals surface area contributed by atoms with Crippen molar-refractivity contribution in [3.8, 4) is 0 Å². The molecule has 0 fully saturated rings. The van der Waals surface area contributed by atoms with Crippen LogP contribution in [0.15, 0.2) is 122 Å². The Labute approximate surface area is 472 Å². The summed E-state index contributed by atoms with van der Waals surface area (Å²) in [5, 5.41) is 0. The van der Waals surface area contributed by atoms with Crippen molar-refractivity contribution in [1.29, 1.82) is 0 Å². The fourth-order valence-corrected chi connectivity index (χ4v) is 9.04. The predicted molar refractivity (Wildman–Crippen MR) is 330 cm³/mol. The van der Waals surface area contributed by atoms with Gasteiger partial charge in [0.1, 0.15) is 6.61 Å². The quantitative estimate of drug-likeness (QED) is 0.0264. The molecule has 440 valence electrons. The SMILES string of the molecule is CC/C=C\C/C=C\C/C=C\C/C=C\C/C=C\C/C=C\C/C=C\CCCCCCCCCCCC(=O)OC(COC(=O)CCCCCCCCCCCC/C=C\C/C=C\C/C=C\CCCCCCC)COP(=O)(O)OCCN. The highest BCUT2D eigenvalue weighted by Crippen LogP contribution is 2.43. The molecule has 0 rings (SSSR count). The van der Waals surface area contributed by atoms with Gasteiger partial charge in [0, 0.05) is 19.4 Å². The van der Waals surface area contributed by atoms with Crippen LogP contribution in [0.3, 0.4) is 0 Å². The minimum atomic E-state index is -4.40. The van der Waals surface area contributed by atoms with Crippen molar-refractivity contribution >= 4 is 19.8 Å². The molecule has 2 atom stereocenters. The van der Waals surface area contributed by atoms with Gasteiger partial charge in [-0.25, -0.2) is 4.57 Å². The molecule has 3 N–H and O–H groups in total. The molecule has 0 aromatic heterocycles. The highest BCUT2D eigenvalue weighted by atomic mass is 31.2. The lowest BCUT2D eigenvalue weighted by atomic mass is 10.0. The van der Waals surface area contributed by atoms with Crippen molar-refractivity contribution in [3.05, 3.63) is 122 Å². The Morgan fingerprint density at radius 3 is 1.06 bits per heavy atom. The third-order valence-corrected chi connectivity index (χ3v) is 13.8. The zero-order valence-electron chi connectivity index (χ0n) is 49.2. The monoisotopic (exact) mass is 1090 g/mol. The standard InChI is InChI=1S/C67H114NO8P/c1-3-5-7-9-11-13-15-17-19-21-23-25-27-29-30-31-32-33-34-36-38-40-42-44-46-48-50-52-54-56-58-60-67(70)76-65(64-75-77(71,72)74-62-61-68)63-73-66(69)59-57-55-53-51-49-47-45-43-41-39-37-35-28-26-24-22-20-18-16-14-12-10-8-6-4-2/h5,7,11,13,16-19,22-25,28-30,32-33,35-36,38,65H,3-4,6,8-10,12,14-15,20-21,26-27,31,34,37,39-64,68H2,1-2H3,(H,71,72)/b7-5-,13-11-,18-16-,19-17-,24-22-,25-23-,30-29-,33-32-,35-28-,38-36-. The molecular weight excluding hydrogens is 978 g/mol. The van der Waals surface area contributed by atoms with E-state index in [2.05, 4.69) is 135 Å². The first-order valence-corrected chi connectivity index (χ1v) is 32.5. The lowest BCUT2D eigenvalue weighted by molar-refractivity contribution is -0.161. The molecule has 0 radical (unpaired) electrons. The molecule has 0 bridgehead atoms. The van der Waals surface area contributed by atoms with Crippen molar-refractivity contribution in [2.24, 2.45) is 5.73 Å². The van der Waals surface area contributed by atoms with Gasteiger partial charge in [-0.3, -0.25) is 18.6 Å². The largest absolute Gasteiger partial charge is 0.472 e. The molecule has 0 aliphatic carbocycles. The molecule has 0 amide bonds. The maximum atomic E-state index is 12.7. The Morgan fingerprint density at radius 1 is 0.403 bits per heavy atom. The fourth-order valence-electron chi connectivity index (χ4n) is 8.27. The number of nitrogens with two attached hydrogens (primary N) is 1. The Morgan fingerprint density at radius 2 is 0.714 bits per heavy atom. The average Bonchev–Trinajstić information content (AvgIpc) is 3.42. The summed E-state index contributed by atoms with van der Waals surface area (Å²) in [6, 6.07) is 0. The maximum absolute atomic E-state index is 12.7. The lowest BCUT2D eigenvalue weighted by Gasteiger charge is -2.19. The number of allylic oxidation sites excluding steroid dienone is 20. The van der Waals surface area contributed by atoms with E-state index in [0.717, 1.165) is 116 Å². The molecule has 0 saturated heterocycles. The van der Waals surface area contributed by atoms with Crippen molar-refractivity contribution in [2.45, 2.75) is 264 Å². The van der Waals surface area contributed by atoms with E-state index in [0.29, 0.717) is 6.42 Å². The first-order chi connectivity index (χ1) is 37.8. The molecule has 10 heteroatoms. The minimum absolute atomic E-state index is 0.0459. The number of ether oxygens (including phenoxy) is 2. The molecule has 0 saturated carbocycles. The summed E-state index contributed by atoms with van der Waals surface area (Å²) in [6.45, 7) is 3.61. The van der Waals surface area contributed by atoms with E-state index < -0.39 is 26.5 Å². The summed E-state index contributed by atoms with van der Waals surface area (Å²) >= 11 is 0. The highest BCUT2D eigenvalue weighted by Gasteiger charge is 2.26. The van der Waals surface area contributed by atoms with Crippen LogP contribution in [0.1, 0.15) is 258 Å². The first kappa shape index (κ1) is 73.4. The number of hydrogen-bond donors (Lipinski definition) is 2. The number of carbonyl (C=O) groups is 2. The van der Waals surface area contributed by atoms with Gasteiger partial charge < -0.3 is 20.1 Å². The summed E-state index contributed by atoms with van der Waals surface area (Å²) in [7, 11) is -4.40. The Bertz CT molecular complexity index is 1670. The lowest BCUT2D eigenvalue weighted by Crippen LogP contribution is -2.29. The van der Waals surface area contributed by atoms with Gasteiger partial charge in [-0.05, 0) is 109 Å². The Hall–Kier alpha value is -3.59. The van der Waals surface area contributed by atoms with E-state index in [1.807, 2.05) is 0 Å². The average molecular weight is 1090 g/mol. The van der Waals surface area contributed by atoms with E-state index in [-0.39, 0.29) is 38.6 Å². The smallest absolute Gasteiger partial charge is 0.462 e. The molecule has 0 heterocycles. The number of hydrogen-bond acceptors (Lipinski definition) is 8. The zero-order chi connectivity index (χ0) is 55.9. The molecule has 0 spiro atoms. The van der Waals surface area contributed by atoms with Gasteiger partial charge in [0.2, 0.25) is 0 Å². The van der Waals surface area contributed by atoms with E-state index in [4.69, 9.17) is 24.3 Å². The summed E-state index contributed by atoms with van der Waals surface area (Å²) in [4.78, 5) is 35.3. The minimum Gasteiger partial charge on any atom is -0.462 e. The molecular formula is C67H114NO8P. The van der Waals surface area contributed by atoms with Gasteiger partial charge in [0.05, 0.1) is 13.2 Å². The van der Waals surface area contributed by atoms with Gasteiger partial charge in [0.15, 0.2) is 6.10 Å². The van der Waals surface area contributed by atoms with Crippen LogP contribution in [0.25, 0.3) is 0 Å². The predicted octanol–water partition coefficient (Wildman–Crippen LogP) is 20.0. The second kappa shape index (κ2) is 61.6. The maximum Gasteiger partial charge on any atom is 0.472 e. The fraction of sp³-hybridized carbons (Fsp3) is 0.672. The van der Waals surface area contributed by atoms with E-state index in [1.54, 1.807) is 0 Å². The third kappa shape index (κ3) is 61.5. The second-order valence-electron chi connectivity index (χ2n) is 20.2. The van der Waals surface area contributed by atoms with Crippen LogP contribution < -0.4 is 5.73 Å². The first-order valence-electron chi connectivity index (χ1n) is 31.0.